The first-order valence-corrected chi connectivity index (χ1v) is 12.5. The Labute approximate surface area is 158 Å². The summed E-state index contributed by atoms with van der Waals surface area (Å²) in [5, 5.41) is 9.59. The molecule has 0 rings (SSSR count). The van der Waals surface area contributed by atoms with E-state index in [1.165, 1.54) is 11.1 Å². The van der Waals surface area contributed by atoms with Crippen LogP contribution >= 0.6 is 0 Å². The minimum absolute atomic E-state index is 0.154. The van der Waals surface area contributed by atoms with E-state index in [0.717, 1.165) is 31.3 Å². The van der Waals surface area contributed by atoms with Crippen LogP contribution < -0.4 is 0 Å². The SMILES string of the molecule is C=C(C)C(CC/C(C)=C/CC/C(C)=C/C(C)O)O[Si](C)(C)C(C)(C)C. The second-order valence-electron chi connectivity index (χ2n) is 9.09. The minimum Gasteiger partial charge on any atom is -0.410 e. The summed E-state index contributed by atoms with van der Waals surface area (Å²) in [6.07, 6.45) is 8.14. The number of aliphatic hydroxyl groups excluding tert-OH is 1. The van der Waals surface area contributed by atoms with Gasteiger partial charge in [-0.3, -0.25) is 0 Å². The Morgan fingerprint density at radius 2 is 1.68 bits per heavy atom. The topological polar surface area (TPSA) is 29.5 Å². The standard InChI is InChI=1S/C22H42O2Si/c1-17(2)21(24-25(9,10)22(6,7)8)15-14-18(3)12-11-13-19(4)16-20(5)23/h12,16,20-21,23H,1,11,13-15H2,2-10H3/b18-12+,19-16+. The van der Waals surface area contributed by atoms with Gasteiger partial charge in [0.2, 0.25) is 0 Å². The van der Waals surface area contributed by atoms with Gasteiger partial charge in [-0.05, 0) is 71.5 Å². The predicted molar refractivity (Wildman–Crippen MR) is 115 cm³/mol. The summed E-state index contributed by atoms with van der Waals surface area (Å²) >= 11 is 0. The molecule has 0 saturated heterocycles. The summed E-state index contributed by atoms with van der Waals surface area (Å²) in [6.45, 7) is 23.8. The molecule has 0 bridgehead atoms. The molecule has 0 aliphatic rings. The zero-order valence-corrected chi connectivity index (χ0v) is 19.2. The lowest BCUT2D eigenvalue weighted by Crippen LogP contribution is -2.44. The molecule has 0 aromatic heterocycles. The summed E-state index contributed by atoms with van der Waals surface area (Å²) < 4.78 is 6.58. The van der Waals surface area contributed by atoms with Crippen LogP contribution in [0.3, 0.4) is 0 Å². The van der Waals surface area contributed by atoms with Crippen LogP contribution in [-0.2, 0) is 4.43 Å². The fourth-order valence-corrected chi connectivity index (χ4v) is 3.82. The maximum atomic E-state index is 9.37. The van der Waals surface area contributed by atoms with E-state index in [2.05, 4.69) is 67.3 Å². The van der Waals surface area contributed by atoms with E-state index >= 15 is 0 Å². The quantitative estimate of drug-likeness (QED) is 0.341. The zero-order valence-electron chi connectivity index (χ0n) is 18.2. The Morgan fingerprint density at radius 3 is 2.12 bits per heavy atom. The summed E-state index contributed by atoms with van der Waals surface area (Å²) in [7, 11) is -1.77. The average Bonchev–Trinajstić information content (AvgIpc) is 2.40. The molecule has 0 radical (unpaired) electrons. The van der Waals surface area contributed by atoms with Crippen LogP contribution in [0, 0.1) is 0 Å². The van der Waals surface area contributed by atoms with Crippen LogP contribution in [-0.4, -0.2) is 25.6 Å². The van der Waals surface area contributed by atoms with Gasteiger partial charge in [-0.25, -0.2) is 0 Å². The van der Waals surface area contributed by atoms with E-state index in [4.69, 9.17) is 4.43 Å². The van der Waals surface area contributed by atoms with Crippen molar-refractivity contribution < 1.29 is 9.53 Å². The second kappa shape index (κ2) is 10.5. The average molecular weight is 367 g/mol. The Morgan fingerprint density at radius 1 is 1.12 bits per heavy atom. The van der Waals surface area contributed by atoms with Crippen molar-refractivity contribution in [3.8, 4) is 0 Å². The van der Waals surface area contributed by atoms with E-state index < -0.39 is 8.32 Å². The normalized spacial score (nSPS) is 16.7. The lowest BCUT2D eigenvalue weighted by atomic mass is 10.0. The fourth-order valence-electron chi connectivity index (χ4n) is 2.44. The van der Waals surface area contributed by atoms with Crippen LogP contribution in [0.25, 0.3) is 0 Å². The Bertz CT molecular complexity index is 479. The van der Waals surface area contributed by atoms with E-state index in [1.807, 2.05) is 6.08 Å². The number of allylic oxidation sites excluding steroid dienone is 3. The highest BCUT2D eigenvalue weighted by Crippen LogP contribution is 2.38. The summed E-state index contributed by atoms with van der Waals surface area (Å²) in [6, 6.07) is 0. The molecule has 0 aliphatic heterocycles. The molecule has 0 aromatic carbocycles. The zero-order chi connectivity index (χ0) is 19.8. The molecule has 0 spiro atoms. The van der Waals surface area contributed by atoms with Gasteiger partial charge >= 0.3 is 0 Å². The molecule has 0 heterocycles. The van der Waals surface area contributed by atoms with Gasteiger partial charge in [0.15, 0.2) is 8.32 Å². The molecule has 146 valence electrons. The Kier molecular flexibility index (Phi) is 10.2. The third-order valence-corrected chi connectivity index (χ3v) is 9.64. The summed E-state index contributed by atoms with van der Waals surface area (Å²) in [5.41, 5.74) is 3.79. The Hall–Kier alpha value is -0.643. The summed E-state index contributed by atoms with van der Waals surface area (Å²) in [4.78, 5) is 0. The van der Waals surface area contributed by atoms with Gasteiger partial charge in [-0.15, -0.1) is 0 Å². The first kappa shape index (κ1) is 24.4. The summed E-state index contributed by atoms with van der Waals surface area (Å²) in [5.74, 6) is 0. The van der Waals surface area contributed by atoms with Crippen molar-refractivity contribution in [2.24, 2.45) is 0 Å². The molecular weight excluding hydrogens is 324 g/mol. The molecule has 0 amide bonds. The molecule has 0 fully saturated rings. The van der Waals surface area contributed by atoms with Gasteiger partial charge in [0.05, 0.1) is 12.2 Å². The van der Waals surface area contributed by atoms with Crippen LogP contribution in [0.5, 0.6) is 0 Å². The maximum absolute atomic E-state index is 9.37. The molecule has 0 saturated carbocycles. The monoisotopic (exact) mass is 366 g/mol. The largest absolute Gasteiger partial charge is 0.410 e. The van der Waals surface area contributed by atoms with Crippen molar-refractivity contribution in [3.63, 3.8) is 0 Å². The molecule has 0 aromatic rings. The second-order valence-corrected chi connectivity index (χ2v) is 13.9. The van der Waals surface area contributed by atoms with Gasteiger partial charge in [0.1, 0.15) is 0 Å². The van der Waals surface area contributed by atoms with Gasteiger partial charge in [-0.1, -0.05) is 56.2 Å². The highest BCUT2D eigenvalue weighted by molar-refractivity contribution is 6.74. The molecule has 2 atom stereocenters. The number of rotatable bonds is 10. The first-order chi connectivity index (χ1) is 11.3. The highest BCUT2D eigenvalue weighted by atomic mass is 28.4. The molecular formula is C22H42O2Si. The lowest BCUT2D eigenvalue weighted by Gasteiger charge is -2.39. The van der Waals surface area contributed by atoms with E-state index in [1.54, 1.807) is 6.92 Å². The Balaban J connectivity index is 4.62. The minimum atomic E-state index is -1.77. The van der Waals surface area contributed by atoms with Gasteiger partial charge in [0.25, 0.3) is 0 Å². The predicted octanol–water partition coefficient (Wildman–Crippen LogP) is 6.79. The number of hydrogen-bond acceptors (Lipinski definition) is 2. The van der Waals surface area contributed by atoms with Gasteiger partial charge in [0, 0.05) is 0 Å². The van der Waals surface area contributed by atoms with Crippen molar-refractivity contribution in [1.29, 1.82) is 0 Å². The number of aliphatic hydroxyl groups is 1. The molecule has 25 heavy (non-hydrogen) atoms. The van der Waals surface area contributed by atoms with Crippen molar-refractivity contribution in [1.82, 2.24) is 0 Å². The van der Waals surface area contributed by atoms with Gasteiger partial charge in [-0.2, -0.15) is 0 Å². The van der Waals surface area contributed by atoms with E-state index in [9.17, 15) is 5.11 Å². The lowest BCUT2D eigenvalue weighted by molar-refractivity contribution is 0.204. The van der Waals surface area contributed by atoms with Gasteiger partial charge < -0.3 is 9.53 Å². The van der Waals surface area contributed by atoms with Crippen LogP contribution in [0.4, 0.5) is 0 Å². The van der Waals surface area contributed by atoms with E-state index in [0.29, 0.717) is 0 Å². The fraction of sp³-hybridized carbons (Fsp3) is 0.727. The van der Waals surface area contributed by atoms with Crippen molar-refractivity contribution in [2.75, 3.05) is 0 Å². The van der Waals surface area contributed by atoms with Crippen molar-refractivity contribution in [3.05, 3.63) is 35.5 Å². The van der Waals surface area contributed by atoms with E-state index in [-0.39, 0.29) is 17.2 Å². The number of hydrogen-bond donors (Lipinski definition) is 1. The third-order valence-electron chi connectivity index (χ3n) is 5.15. The molecule has 0 aliphatic carbocycles. The molecule has 1 N–H and O–H groups in total. The van der Waals surface area contributed by atoms with Crippen LogP contribution in [0.2, 0.25) is 18.1 Å². The molecule has 2 unspecified atom stereocenters. The van der Waals surface area contributed by atoms with Crippen LogP contribution in [0.15, 0.2) is 35.5 Å². The van der Waals surface area contributed by atoms with Crippen molar-refractivity contribution >= 4 is 8.32 Å². The van der Waals surface area contributed by atoms with Crippen LogP contribution in [0.1, 0.15) is 74.1 Å². The van der Waals surface area contributed by atoms with Crippen molar-refractivity contribution in [2.45, 2.75) is 104 Å². The first-order valence-electron chi connectivity index (χ1n) is 9.60. The smallest absolute Gasteiger partial charge is 0.192 e. The molecule has 2 nitrogen and oxygen atoms in total. The molecule has 3 heteroatoms. The maximum Gasteiger partial charge on any atom is 0.192 e. The highest BCUT2D eigenvalue weighted by Gasteiger charge is 2.39. The third kappa shape index (κ3) is 10.2.